The highest BCUT2D eigenvalue weighted by Crippen LogP contribution is 2.24. The third kappa shape index (κ3) is 7.96. The Labute approximate surface area is 207 Å². The van der Waals surface area contributed by atoms with E-state index in [-0.39, 0.29) is 18.4 Å². The zero-order valence-corrected chi connectivity index (χ0v) is 20.2. The van der Waals surface area contributed by atoms with E-state index in [2.05, 4.69) is 35.3 Å². The zero-order valence-electron chi connectivity index (χ0n) is 19.4. The molecule has 3 aromatic carbocycles. The second-order valence-corrected chi connectivity index (χ2v) is 8.33. The van der Waals surface area contributed by atoms with E-state index in [1.54, 1.807) is 0 Å². The molecule has 0 spiro atoms. The van der Waals surface area contributed by atoms with E-state index in [1.165, 1.54) is 18.4 Å². The van der Waals surface area contributed by atoms with Crippen LogP contribution in [-0.2, 0) is 22.5 Å². The Morgan fingerprint density at radius 1 is 0.765 bits per heavy atom. The maximum Gasteiger partial charge on any atom is 0.227 e. The van der Waals surface area contributed by atoms with Crippen molar-refractivity contribution in [1.29, 1.82) is 0 Å². The number of nitrogens with zero attached hydrogens (tertiary/aromatic N) is 1. The van der Waals surface area contributed by atoms with Crippen molar-refractivity contribution in [1.82, 2.24) is 4.98 Å². The SMILES string of the molecule is Cl.NC(COCCCCCc1ccccc1)COCc1ccc(-c2nc3ccccc3o2)cc1. The maximum absolute atomic E-state index is 6.12. The number of fused-ring (bicyclic) bond motifs is 1. The summed E-state index contributed by atoms with van der Waals surface area (Å²) in [6.45, 7) is 2.26. The topological polar surface area (TPSA) is 70.5 Å². The monoisotopic (exact) mass is 480 g/mol. The first-order valence-electron chi connectivity index (χ1n) is 11.7. The molecular formula is C28H33ClN2O3. The summed E-state index contributed by atoms with van der Waals surface area (Å²) in [7, 11) is 0. The van der Waals surface area contributed by atoms with E-state index in [0.717, 1.165) is 41.7 Å². The number of nitrogens with two attached hydrogens (primary N) is 1. The second kappa shape index (κ2) is 13.9. The van der Waals surface area contributed by atoms with E-state index in [1.807, 2.05) is 48.5 Å². The number of aryl methyl sites for hydroxylation is 1. The van der Waals surface area contributed by atoms with Crippen LogP contribution in [0.25, 0.3) is 22.6 Å². The highest BCUT2D eigenvalue weighted by molar-refractivity contribution is 5.85. The van der Waals surface area contributed by atoms with E-state index in [0.29, 0.717) is 25.7 Å². The lowest BCUT2D eigenvalue weighted by atomic mass is 10.1. The summed E-state index contributed by atoms with van der Waals surface area (Å²) >= 11 is 0. The van der Waals surface area contributed by atoms with E-state index < -0.39 is 0 Å². The van der Waals surface area contributed by atoms with Gasteiger partial charge in [0.25, 0.3) is 0 Å². The average Bonchev–Trinajstić information content (AvgIpc) is 3.29. The predicted molar refractivity (Wildman–Crippen MR) is 139 cm³/mol. The number of hydrogen-bond donors (Lipinski definition) is 1. The Kier molecular flexibility index (Phi) is 10.6. The quantitative estimate of drug-likeness (QED) is 0.231. The van der Waals surface area contributed by atoms with Crippen LogP contribution in [0.4, 0.5) is 0 Å². The van der Waals surface area contributed by atoms with E-state index in [9.17, 15) is 0 Å². The van der Waals surface area contributed by atoms with Gasteiger partial charge in [0.15, 0.2) is 5.58 Å². The van der Waals surface area contributed by atoms with Gasteiger partial charge in [0.05, 0.1) is 25.9 Å². The summed E-state index contributed by atoms with van der Waals surface area (Å²) in [5.74, 6) is 0.628. The standard InChI is InChI=1S/C28H32N2O3.ClH/c29-25(20-31-18-8-2-5-11-22-9-3-1-4-10-22)21-32-19-23-14-16-24(17-15-23)28-30-26-12-6-7-13-27(26)33-28;/h1,3-4,6-7,9-10,12-17,25H,2,5,8,11,18-21,29H2;1H. The van der Waals surface area contributed by atoms with Crippen LogP contribution in [0.5, 0.6) is 0 Å². The zero-order chi connectivity index (χ0) is 22.7. The van der Waals surface area contributed by atoms with Crippen molar-refractivity contribution in [2.45, 2.75) is 38.3 Å². The van der Waals surface area contributed by atoms with Crippen LogP contribution in [0.3, 0.4) is 0 Å². The van der Waals surface area contributed by atoms with Gasteiger partial charge in [-0.05, 0) is 54.7 Å². The molecule has 0 aliphatic rings. The third-order valence-electron chi connectivity index (χ3n) is 5.52. The number of aromatic nitrogens is 1. The summed E-state index contributed by atoms with van der Waals surface area (Å²) in [5, 5.41) is 0. The maximum atomic E-state index is 6.12. The molecule has 4 aromatic rings. The van der Waals surface area contributed by atoms with Gasteiger partial charge in [-0.1, -0.05) is 61.0 Å². The summed E-state index contributed by atoms with van der Waals surface area (Å²) < 4.78 is 17.3. The number of halogens is 1. The predicted octanol–water partition coefficient (Wildman–Crippen LogP) is 6.19. The number of oxazole rings is 1. The number of para-hydroxylation sites is 2. The Balaban J connectivity index is 0.00000324. The molecule has 0 amide bonds. The van der Waals surface area contributed by atoms with Crippen molar-refractivity contribution in [2.75, 3.05) is 19.8 Å². The Hall–Kier alpha value is -2.70. The van der Waals surface area contributed by atoms with Crippen molar-refractivity contribution in [3.8, 4) is 11.5 Å². The molecule has 34 heavy (non-hydrogen) atoms. The molecule has 6 heteroatoms. The van der Waals surface area contributed by atoms with Crippen LogP contribution < -0.4 is 5.73 Å². The Bertz CT molecular complexity index is 1070. The normalized spacial score (nSPS) is 11.9. The summed E-state index contributed by atoms with van der Waals surface area (Å²) in [4.78, 5) is 4.54. The van der Waals surface area contributed by atoms with Crippen molar-refractivity contribution in [3.63, 3.8) is 0 Å². The van der Waals surface area contributed by atoms with Gasteiger partial charge in [-0.15, -0.1) is 12.4 Å². The van der Waals surface area contributed by atoms with Gasteiger partial charge in [-0.25, -0.2) is 4.98 Å². The molecule has 180 valence electrons. The molecule has 0 radical (unpaired) electrons. The van der Waals surface area contributed by atoms with Gasteiger partial charge in [-0.3, -0.25) is 0 Å². The van der Waals surface area contributed by atoms with E-state index >= 15 is 0 Å². The molecular weight excluding hydrogens is 448 g/mol. The van der Waals surface area contributed by atoms with Crippen molar-refractivity contribution < 1.29 is 13.9 Å². The molecule has 1 aromatic heterocycles. The number of rotatable bonds is 13. The first-order chi connectivity index (χ1) is 16.3. The summed E-state index contributed by atoms with van der Waals surface area (Å²) in [6, 6.07) is 26.3. The molecule has 0 aliphatic heterocycles. The minimum absolute atomic E-state index is 0. The van der Waals surface area contributed by atoms with Crippen LogP contribution in [0.1, 0.15) is 30.4 Å². The lowest BCUT2D eigenvalue weighted by Crippen LogP contribution is -2.31. The molecule has 0 bridgehead atoms. The average molecular weight is 481 g/mol. The van der Waals surface area contributed by atoms with Gasteiger partial charge < -0.3 is 19.6 Å². The second-order valence-electron chi connectivity index (χ2n) is 8.33. The Morgan fingerprint density at radius 2 is 1.50 bits per heavy atom. The van der Waals surface area contributed by atoms with Crippen LogP contribution in [0, 0.1) is 0 Å². The number of unbranched alkanes of at least 4 members (excludes halogenated alkanes) is 2. The van der Waals surface area contributed by atoms with Crippen molar-refractivity contribution >= 4 is 23.5 Å². The first kappa shape index (κ1) is 25.9. The fourth-order valence-corrected chi connectivity index (χ4v) is 3.70. The molecule has 0 fully saturated rings. The highest BCUT2D eigenvalue weighted by atomic mass is 35.5. The third-order valence-corrected chi connectivity index (χ3v) is 5.52. The molecule has 1 heterocycles. The van der Waals surface area contributed by atoms with Crippen LogP contribution in [0.2, 0.25) is 0 Å². The lowest BCUT2D eigenvalue weighted by Gasteiger charge is -2.13. The van der Waals surface area contributed by atoms with Crippen LogP contribution in [0.15, 0.2) is 83.3 Å². The van der Waals surface area contributed by atoms with Gasteiger partial charge in [0.2, 0.25) is 5.89 Å². The van der Waals surface area contributed by atoms with Crippen molar-refractivity contribution in [3.05, 3.63) is 90.0 Å². The van der Waals surface area contributed by atoms with Gasteiger partial charge in [0, 0.05) is 12.2 Å². The van der Waals surface area contributed by atoms with Crippen LogP contribution in [-0.4, -0.2) is 30.8 Å². The van der Waals surface area contributed by atoms with Crippen LogP contribution >= 0.6 is 12.4 Å². The summed E-state index contributed by atoms with van der Waals surface area (Å²) in [6.07, 6.45) is 4.55. The molecule has 0 saturated carbocycles. The number of benzene rings is 3. The molecule has 0 saturated heterocycles. The summed E-state index contributed by atoms with van der Waals surface area (Å²) in [5.41, 5.74) is 11.2. The fraction of sp³-hybridized carbons (Fsp3) is 0.321. The largest absolute Gasteiger partial charge is 0.436 e. The van der Waals surface area contributed by atoms with Gasteiger partial charge in [0.1, 0.15) is 5.52 Å². The van der Waals surface area contributed by atoms with E-state index in [4.69, 9.17) is 19.6 Å². The smallest absolute Gasteiger partial charge is 0.227 e. The molecule has 5 nitrogen and oxygen atoms in total. The molecule has 1 atom stereocenters. The molecule has 4 rings (SSSR count). The molecule has 2 N–H and O–H groups in total. The molecule has 0 aliphatic carbocycles. The van der Waals surface area contributed by atoms with Gasteiger partial charge in [-0.2, -0.15) is 0 Å². The minimum Gasteiger partial charge on any atom is -0.436 e. The molecule has 1 unspecified atom stereocenters. The van der Waals surface area contributed by atoms with Crippen molar-refractivity contribution in [2.24, 2.45) is 5.73 Å². The highest BCUT2D eigenvalue weighted by Gasteiger charge is 2.08. The Morgan fingerprint density at radius 3 is 2.29 bits per heavy atom. The first-order valence-corrected chi connectivity index (χ1v) is 11.7. The lowest BCUT2D eigenvalue weighted by molar-refractivity contribution is 0.0594. The van der Waals surface area contributed by atoms with Gasteiger partial charge >= 0.3 is 0 Å². The number of hydrogen-bond acceptors (Lipinski definition) is 5. The fourth-order valence-electron chi connectivity index (χ4n) is 3.70. The minimum atomic E-state index is -0.117. The number of ether oxygens (including phenoxy) is 2.